The number of rotatable bonds is 5. The molecule has 0 fully saturated rings. The van der Waals surface area contributed by atoms with Gasteiger partial charge in [-0.15, -0.1) is 0 Å². The molecule has 4 nitrogen and oxygen atoms in total. The standard InChI is InChI=1S/C8H15N3OS/c1-3-4-8(2,12)5-9-7-10-6-11-13-7/h6,12H,3-5H2,1-2H3,(H,9,10,11). The summed E-state index contributed by atoms with van der Waals surface area (Å²) < 4.78 is 3.86. The predicted molar refractivity (Wildman–Crippen MR) is 53.9 cm³/mol. The lowest BCUT2D eigenvalue weighted by atomic mass is 10.0. The Kier molecular flexibility index (Phi) is 3.62. The Hall–Kier alpha value is -0.680. The van der Waals surface area contributed by atoms with E-state index in [9.17, 15) is 5.11 Å². The SMILES string of the molecule is CCCC(C)(O)CNc1ncns1. The zero-order valence-corrected chi connectivity index (χ0v) is 8.77. The number of aliphatic hydroxyl groups is 1. The van der Waals surface area contributed by atoms with Gasteiger partial charge >= 0.3 is 0 Å². The Labute approximate surface area is 82.2 Å². The highest BCUT2D eigenvalue weighted by atomic mass is 32.1. The van der Waals surface area contributed by atoms with E-state index in [0.717, 1.165) is 18.0 Å². The largest absolute Gasteiger partial charge is 0.388 e. The van der Waals surface area contributed by atoms with Crippen LogP contribution in [0.2, 0.25) is 0 Å². The highest BCUT2D eigenvalue weighted by Gasteiger charge is 2.18. The van der Waals surface area contributed by atoms with Crippen molar-refractivity contribution >= 4 is 16.7 Å². The van der Waals surface area contributed by atoms with Gasteiger partial charge in [0.25, 0.3) is 0 Å². The van der Waals surface area contributed by atoms with E-state index in [4.69, 9.17) is 0 Å². The molecule has 0 amide bonds. The second kappa shape index (κ2) is 4.53. The summed E-state index contributed by atoms with van der Waals surface area (Å²) in [7, 11) is 0. The fourth-order valence-electron chi connectivity index (χ4n) is 1.14. The zero-order chi connectivity index (χ0) is 9.73. The van der Waals surface area contributed by atoms with Crippen LogP contribution in [-0.4, -0.2) is 26.6 Å². The quantitative estimate of drug-likeness (QED) is 0.758. The number of hydrogen-bond donors (Lipinski definition) is 2. The van der Waals surface area contributed by atoms with Gasteiger partial charge in [-0.2, -0.15) is 4.37 Å². The van der Waals surface area contributed by atoms with Crippen LogP contribution in [0.5, 0.6) is 0 Å². The summed E-state index contributed by atoms with van der Waals surface area (Å²) in [4.78, 5) is 3.96. The Balaban J connectivity index is 2.33. The van der Waals surface area contributed by atoms with E-state index in [1.807, 2.05) is 6.92 Å². The van der Waals surface area contributed by atoms with Crippen molar-refractivity contribution < 1.29 is 5.11 Å². The molecule has 0 saturated carbocycles. The summed E-state index contributed by atoms with van der Waals surface area (Å²) in [6.07, 6.45) is 3.27. The first kappa shape index (κ1) is 10.4. The van der Waals surface area contributed by atoms with Crippen LogP contribution < -0.4 is 5.32 Å². The minimum absolute atomic E-state index is 0.524. The predicted octanol–water partition coefficient (Wildman–Crippen LogP) is 1.50. The molecular weight excluding hydrogens is 186 g/mol. The maximum absolute atomic E-state index is 9.81. The van der Waals surface area contributed by atoms with Crippen molar-refractivity contribution in [1.82, 2.24) is 9.36 Å². The minimum atomic E-state index is -0.652. The van der Waals surface area contributed by atoms with Crippen molar-refractivity contribution in [3.63, 3.8) is 0 Å². The summed E-state index contributed by atoms with van der Waals surface area (Å²) in [5.74, 6) is 0. The molecule has 1 aromatic heterocycles. The van der Waals surface area contributed by atoms with Crippen molar-refractivity contribution in [1.29, 1.82) is 0 Å². The molecule has 1 aromatic rings. The van der Waals surface area contributed by atoms with Crippen LogP contribution in [0.1, 0.15) is 26.7 Å². The van der Waals surface area contributed by atoms with Crippen LogP contribution in [0.15, 0.2) is 6.33 Å². The molecule has 2 N–H and O–H groups in total. The van der Waals surface area contributed by atoms with Crippen LogP contribution >= 0.6 is 11.5 Å². The van der Waals surface area contributed by atoms with E-state index < -0.39 is 5.60 Å². The van der Waals surface area contributed by atoms with E-state index >= 15 is 0 Å². The third kappa shape index (κ3) is 3.69. The molecular formula is C8H15N3OS. The van der Waals surface area contributed by atoms with Crippen molar-refractivity contribution in [2.24, 2.45) is 0 Å². The first-order chi connectivity index (χ1) is 6.14. The third-order valence-electron chi connectivity index (χ3n) is 1.77. The molecule has 0 radical (unpaired) electrons. The van der Waals surface area contributed by atoms with Crippen molar-refractivity contribution in [2.75, 3.05) is 11.9 Å². The maximum atomic E-state index is 9.81. The van der Waals surface area contributed by atoms with Crippen LogP contribution in [0, 0.1) is 0 Å². The second-order valence-electron chi connectivity index (χ2n) is 3.35. The van der Waals surface area contributed by atoms with Gasteiger partial charge in [-0.05, 0) is 13.3 Å². The van der Waals surface area contributed by atoms with Gasteiger partial charge < -0.3 is 10.4 Å². The number of nitrogens with zero attached hydrogens (tertiary/aromatic N) is 2. The zero-order valence-electron chi connectivity index (χ0n) is 7.95. The summed E-state index contributed by atoms with van der Waals surface area (Å²) in [5, 5.41) is 13.6. The van der Waals surface area contributed by atoms with E-state index in [0.29, 0.717) is 6.54 Å². The lowest BCUT2D eigenvalue weighted by molar-refractivity contribution is 0.0637. The summed E-state index contributed by atoms with van der Waals surface area (Å²) in [5.41, 5.74) is -0.652. The second-order valence-corrected chi connectivity index (χ2v) is 4.13. The van der Waals surface area contributed by atoms with Gasteiger partial charge in [0.1, 0.15) is 6.33 Å². The molecule has 0 aliphatic rings. The summed E-state index contributed by atoms with van der Waals surface area (Å²) in [6, 6.07) is 0. The molecule has 0 aliphatic heterocycles. The Morgan fingerprint density at radius 2 is 2.46 bits per heavy atom. The monoisotopic (exact) mass is 201 g/mol. The Morgan fingerprint density at radius 1 is 1.69 bits per heavy atom. The van der Waals surface area contributed by atoms with Gasteiger partial charge in [-0.1, -0.05) is 13.3 Å². The molecule has 1 atom stereocenters. The lowest BCUT2D eigenvalue weighted by Gasteiger charge is -2.22. The number of anilines is 1. The van der Waals surface area contributed by atoms with E-state index in [1.54, 1.807) is 0 Å². The first-order valence-corrected chi connectivity index (χ1v) is 5.14. The molecule has 0 spiro atoms. The fraction of sp³-hybridized carbons (Fsp3) is 0.750. The maximum Gasteiger partial charge on any atom is 0.202 e. The van der Waals surface area contributed by atoms with Crippen molar-refractivity contribution in [3.8, 4) is 0 Å². The van der Waals surface area contributed by atoms with Crippen LogP contribution in [0.25, 0.3) is 0 Å². The van der Waals surface area contributed by atoms with Crippen LogP contribution in [-0.2, 0) is 0 Å². The molecule has 1 unspecified atom stereocenters. The van der Waals surface area contributed by atoms with Gasteiger partial charge in [0, 0.05) is 18.1 Å². The molecule has 1 heterocycles. The molecule has 0 bridgehead atoms. The molecule has 0 saturated heterocycles. The van der Waals surface area contributed by atoms with E-state index in [1.165, 1.54) is 17.9 Å². The van der Waals surface area contributed by atoms with Gasteiger partial charge in [0.2, 0.25) is 5.13 Å². The van der Waals surface area contributed by atoms with Crippen molar-refractivity contribution in [2.45, 2.75) is 32.3 Å². The van der Waals surface area contributed by atoms with Gasteiger partial charge in [0.15, 0.2) is 0 Å². The first-order valence-electron chi connectivity index (χ1n) is 4.37. The fourth-order valence-corrected chi connectivity index (χ4v) is 1.57. The highest BCUT2D eigenvalue weighted by Crippen LogP contribution is 2.14. The minimum Gasteiger partial charge on any atom is -0.388 e. The van der Waals surface area contributed by atoms with Gasteiger partial charge in [0.05, 0.1) is 5.60 Å². The molecule has 1 rings (SSSR count). The average molecular weight is 201 g/mol. The molecule has 74 valence electrons. The van der Waals surface area contributed by atoms with Crippen LogP contribution in [0.4, 0.5) is 5.13 Å². The lowest BCUT2D eigenvalue weighted by Crippen LogP contribution is -2.33. The molecule has 5 heteroatoms. The van der Waals surface area contributed by atoms with Gasteiger partial charge in [-0.25, -0.2) is 4.98 Å². The molecule has 0 aromatic carbocycles. The number of aromatic nitrogens is 2. The molecule has 13 heavy (non-hydrogen) atoms. The highest BCUT2D eigenvalue weighted by molar-refractivity contribution is 7.09. The Bertz CT molecular complexity index is 236. The van der Waals surface area contributed by atoms with Crippen molar-refractivity contribution in [3.05, 3.63) is 6.33 Å². The Morgan fingerprint density at radius 3 is 3.00 bits per heavy atom. The summed E-state index contributed by atoms with van der Waals surface area (Å²) >= 11 is 1.30. The van der Waals surface area contributed by atoms with E-state index in [2.05, 4.69) is 21.6 Å². The molecule has 0 aliphatic carbocycles. The number of nitrogens with one attached hydrogen (secondary N) is 1. The smallest absolute Gasteiger partial charge is 0.202 e. The normalized spacial score (nSPS) is 15.3. The van der Waals surface area contributed by atoms with Gasteiger partial charge in [-0.3, -0.25) is 0 Å². The average Bonchev–Trinajstić information content (AvgIpc) is 2.52. The van der Waals surface area contributed by atoms with E-state index in [-0.39, 0.29) is 0 Å². The third-order valence-corrected chi connectivity index (χ3v) is 2.39. The van der Waals surface area contributed by atoms with Crippen LogP contribution in [0.3, 0.4) is 0 Å². The topological polar surface area (TPSA) is 58.0 Å². The number of hydrogen-bond acceptors (Lipinski definition) is 5. The summed E-state index contributed by atoms with van der Waals surface area (Å²) in [6.45, 7) is 4.40.